The Morgan fingerprint density at radius 2 is 2.06 bits per heavy atom. The number of rotatable bonds is 4. The molecule has 4 nitrogen and oxygen atoms in total. The smallest absolute Gasteiger partial charge is 0.162 e. The molecule has 0 saturated carbocycles. The zero-order chi connectivity index (χ0) is 12.3. The van der Waals surface area contributed by atoms with Gasteiger partial charge in [0.1, 0.15) is 0 Å². The molecule has 1 aromatic carbocycles. The fraction of sp³-hybridized carbons (Fsp3) is 0.167. The molecule has 0 saturated heterocycles. The topological polar surface area (TPSA) is 46.4 Å². The van der Waals surface area contributed by atoms with Crippen LogP contribution in [0.5, 0.6) is 11.5 Å². The third kappa shape index (κ3) is 2.65. The number of phenolic OH excluding ortho intramolecular Hbond substituents is 1. The molecule has 0 spiro atoms. The maximum atomic E-state index is 9.91. The van der Waals surface area contributed by atoms with Crippen molar-refractivity contribution in [2.24, 2.45) is 0 Å². The van der Waals surface area contributed by atoms with E-state index in [0.717, 1.165) is 0 Å². The van der Waals surface area contributed by atoms with Gasteiger partial charge in [-0.25, -0.2) is 0 Å². The second-order valence-electron chi connectivity index (χ2n) is 3.54. The standard InChI is InChI=1S/C12H13ClN2O2/c1-17-11-7-10(13)6-9(12(11)16)8-14-15-4-2-3-5-15/h2-7,14,16H,8H2,1H3. The van der Waals surface area contributed by atoms with Crippen LogP contribution in [-0.2, 0) is 6.54 Å². The van der Waals surface area contributed by atoms with Crippen LogP contribution >= 0.6 is 11.6 Å². The third-order valence-electron chi connectivity index (χ3n) is 2.40. The van der Waals surface area contributed by atoms with Crippen LogP contribution < -0.4 is 10.2 Å². The van der Waals surface area contributed by atoms with E-state index in [1.165, 1.54) is 7.11 Å². The van der Waals surface area contributed by atoms with Crippen molar-refractivity contribution in [1.82, 2.24) is 4.68 Å². The molecule has 0 bridgehead atoms. The zero-order valence-electron chi connectivity index (χ0n) is 9.35. The summed E-state index contributed by atoms with van der Waals surface area (Å²) in [6.07, 6.45) is 3.75. The van der Waals surface area contributed by atoms with Crippen LogP contribution in [0.1, 0.15) is 5.56 Å². The lowest BCUT2D eigenvalue weighted by molar-refractivity contribution is 0.371. The highest BCUT2D eigenvalue weighted by Gasteiger charge is 2.09. The summed E-state index contributed by atoms with van der Waals surface area (Å²) in [6, 6.07) is 7.10. The predicted molar refractivity (Wildman–Crippen MR) is 67.2 cm³/mol. The zero-order valence-corrected chi connectivity index (χ0v) is 10.1. The highest BCUT2D eigenvalue weighted by molar-refractivity contribution is 6.30. The summed E-state index contributed by atoms with van der Waals surface area (Å²) in [5, 5.41) is 10.4. The number of aromatic hydroxyl groups is 1. The first-order valence-electron chi connectivity index (χ1n) is 5.13. The molecule has 90 valence electrons. The summed E-state index contributed by atoms with van der Waals surface area (Å²) in [6.45, 7) is 0.456. The molecule has 0 atom stereocenters. The minimum Gasteiger partial charge on any atom is -0.504 e. The average molecular weight is 253 g/mol. The van der Waals surface area contributed by atoms with Gasteiger partial charge in [0.2, 0.25) is 0 Å². The molecular formula is C12H13ClN2O2. The molecule has 0 fully saturated rings. The van der Waals surface area contributed by atoms with E-state index in [4.69, 9.17) is 16.3 Å². The van der Waals surface area contributed by atoms with Gasteiger partial charge >= 0.3 is 0 Å². The molecule has 1 heterocycles. The first-order valence-corrected chi connectivity index (χ1v) is 5.50. The van der Waals surface area contributed by atoms with Crippen LogP contribution in [0.3, 0.4) is 0 Å². The summed E-state index contributed by atoms with van der Waals surface area (Å²) in [5.74, 6) is 0.485. The molecule has 2 rings (SSSR count). The normalized spacial score (nSPS) is 10.2. The summed E-state index contributed by atoms with van der Waals surface area (Å²) < 4.78 is 6.83. The van der Waals surface area contributed by atoms with E-state index in [-0.39, 0.29) is 5.75 Å². The van der Waals surface area contributed by atoms with Crippen LogP contribution in [0.15, 0.2) is 36.7 Å². The Labute approximate surface area is 104 Å². The molecule has 5 heteroatoms. The van der Waals surface area contributed by atoms with Crippen molar-refractivity contribution >= 4 is 11.6 Å². The Kier molecular flexibility index (Phi) is 3.44. The van der Waals surface area contributed by atoms with Crippen LogP contribution in [0.2, 0.25) is 5.02 Å². The third-order valence-corrected chi connectivity index (χ3v) is 2.61. The highest BCUT2D eigenvalue weighted by Crippen LogP contribution is 2.33. The van der Waals surface area contributed by atoms with E-state index >= 15 is 0 Å². The minimum atomic E-state index is 0.108. The van der Waals surface area contributed by atoms with Crippen LogP contribution in [0.4, 0.5) is 0 Å². The van der Waals surface area contributed by atoms with Crippen LogP contribution in [0, 0.1) is 0 Å². The number of aromatic nitrogens is 1. The second kappa shape index (κ2) is 5.01. The van der Waals surface area contributed by atoms with E-state index in [2.05, 4.69) is 5.43 Å². The maximum absolute atomic E-state index is 9.91. The summed E-state index contributed by atoms with van der Waals surface area (Å²) in [7, 11) is 1.49. The van der Waals surface area contributed by atoms with Gasteiger partial charge in [-0.05, 0) is 18.2 Å². The molecule has 0 aliphatic heterocycles. The number of ether oxygens (including phenoxy) is 1. The van der Waals surface area contributed by atoms with Gasteiger partial charge in [-0.2, -0.15) is 0 Å². The predicted octanol–water partition coefficient (Wildman–Crippen LogP) is 2.60. The van der Waals surface area contributed by atoms with E-state index in [1.807, 2.05) is 24.5 Å². The Morgan fingerprint density at radius 3 is 2.71 bits per heavy atom. The molecule has 0 aliphatic rings. The molecule has 2 N–H and O–H groups in total. The van der Waals surface area contributed by atoms with Crippen molar-refractivity contribution in [1.29, 1.82) is 0 Å². The van der Waals surface area contributed by atoms with Crippen molar-refractivity contribution in [2.45, 2.75) is 6.54 Å². The van der Waals surface area contributed by atoms with E-state index in [9.17, 15) is 5.11 Å². The lowest BCUT2D eigenvalue weighted by Crippen LogP contribution is -2.12. The fourth-order valence-corrected chi connectivity index (χ4v) is 1.77. The molecule has 1 aromatic heterocycles. The van der Waals surface area contributed by atoms with Crippen molar-refractivity contribution in [3.8, 4) is 11.5 Å². The maximum Gasteiger partial charge on any atom is 0.162 e. The van der Waals surface area contributed by atoms with Gasteiger partial charge in [-0.3, -0.25) is 4.68 Å². The fourth-order valence-electron chi connectivity index (χ4n) is 1.54. The first kappa shape index (κ1) is 11.7. The molecule has 0 radical (unpaired) electrons. The number of nitrogens with zero attached hydrogens (tertiary/aromatic N) is 1. The van der Waals surface area contributed by atoms with Crippen molar-refractivity contribution < 1.29 is 9.84 Å². The number of nitrogens with one attached hydrogen (secondary N) is 1. The second-order valence-corrected chi connectivity index (χ2v) is 3.98. The highest BCUT2D eigenvalue weighted by atomic mass is 35.5. The molecule has 0 amide bonds. The van der Waals surface area contributed by atoms with Crippen molar-refractivity contribution in [3.63, 3.8) is 0 Å². The summed E-state index contributed by atoms with van der Waals surface area (Å²) in [5.41, 5.74) is 3.79. The van der Waals surface area contributed by atoms with Crippen molar-refractivity contribution in [2.75, 3.05) is 12.5 Å². The number of hydrogen-bond acceptors (Lipinski definition) is 3. The number of methoxy groups -OCH3 is 1. The number of benzene rings is 1. The van der Waals surface area contributed by atoms with Crippen LogP contribution in [-0.4, -0.2) is 16.9 Å². The van der Waals surface area contributed by atoms with Gasteiger partial charge in [0.25, 0.3) is 0 Å². The molecule has 0 unspecified atom stereocenters. The Morgan fingerprint density at radius 1 is 1.35 bits per heavy atom. The minimum absolute atomic E-state index is 0.108. The summed E-state index contributed by atoms with van der Waals surface area (Å²) >= 11 is 5.94. The SMILES string of the molecule is COc1cc(Cl)cc(CNn2cccc2)c1O. The quantitative estimate of drug-likeness (QED) is 0.879. The molecule has 2 aromatic rings. The van der Waals surface area contributed by atoms with Crippen LogP contribution in [0.25, 0.3) is 0 Å². The number of halogens is 1. The van der Waals surface area contributed by atoms with E-state index in [1.54, 1.807) is 16.8 Å². The van der Waals surface area contributed by atoms with Gasteiger partial charge in [0.15, 0.2) is 11.5 Å². The van der Waals surface area contributed by atoms with Gasteiger partial charge in [0.05, 0.1) is 13.7 Å². The molecular weight excluding hydrogens is 240 g/mol. The van der Waals surface area contributed by atoms with E-state index in [0.29, 0.717) is 22.9 Å². The Hall–Kier alpha value is -1.81. The lowest BCUT2D eigenvalue weighted by atomic mass is 10.2. The monoisotopic (exact) mass is 252 g/mol. The number of hydrogen-bond donors (Lipinski definition) is 2. The lowest BCUT2D eigenvalue weighted by Gasteiger charge is -2.12. The summed E-state index contributed by atoms with van der Waals surface area (Å²) in [4.78, 5) is 0. The van der Waals surface area contributed by atoms with Gasteiger partial charge < -0.3 is 15.3 Å². The molecule has 17 heavy (non-hydrogen) atoms. The Balaban J connectivity index is 2.17. The van der Waals surface area contributed by atoms with Gasteiger partial charge in [0, 0.05) is 29.0 Å². The average Bonchev–Trinajstić information content (AvgIpc) is 2.82. The van der Waals surface area contributed by atoms with E-state index < -0.39 is 0 Å². The Bertz CT molecular complexity index is 497. The first-order chi connectivity index (χ1) is 8.20. The van der Waals surface area contributed by atoms with Gasteiger partial charge in [-0.1, -0.05) is 11.6 Å². The number of phenols is 1. The van der Waals surface area contributed by atoms with Gasteiger partial charge in [-0.15, -0.1) is 0 Å². The van der Waals surface area contributed by atoms with Crippen molar-refractivity contribution in [3.05, 3.63) is 47.2 Å². The largest absolute Gasteiger partial charge is 0.504 e. The molecule has 0 aliphatic carbocycles.